The van der Waals surface area contributed by atoms with Crippen LogP contribution in [0.1, 0.15) is 0 Å². The molecule has 3 heteroatoms. The van der Waals surface area contributed by atoms with E-state index in [4.69, 9.17) is 0 Å². The van der Waals surface area contributed by atoms with Crippen LogP contribution in [0, 0.1) is 0 Å². The number of anilines is 3. The van der Waals surface area contributed by atoms with E-state index in [1.807, 2.05) is 22.7 Å². The first-order valence-electron chi connectivity index (χ1n) is 22.1. The van der Waals surface area contributed by atoms with E-state index in [-0.39, 0.29) is 0 Å². The molecule has 0 N–H and O–H groups in total. The van der Waals surface area contributed by atoms with Crippen molar-refractivity contribution in [1.82, 2.24) is 0 Å². The lowest BCUT2D eigenvalue weighted by Gasteiger charge is -2.27. The molecule has 304 valence electrons. The first-order valence-corrected chi connectivity index (χ1v) is 23.8. The van der Waals surface area contributed by atoms with E-state index in [9.17, 15) is 0 Å². The summed E-state index contributed by atoms with van der Waals surface area (Å²) in [4.78, 5) is 2.43. The average Bonchev–Trinajstić information content (AvgIpc) is 3.96. The molecule has 65 heavy (non-hydrogen) atoms. The van der Waals surface area contributed by atoms with Crippen molar-refractivity contribution in [3.8, 4) is 44.5 Å². The molecule has 11 aromatic carbocycles. The molecule has 0 aliphatic rings. The number of thiophene rings is 2. The maximum Gasteiger partial charge on any atom is 0.0473 e. The van der Waals surface area contributed by atoms with Crippen LogP contribution in [0.3, 0.4) is 0 Å². The van der Waals surface area contributed by atoms with Crippen LogP contribution in [0.4, 0.5) is 17.1 Å². The number of benzene rings is 11. The summed E-state index contributed by atoms with van der Waals surface area (Å²) in [5, 5.41) is 10.2. The normalized spacial score (nSPS) is 11.7. The molecule has 0 atom stereocenters. The summed E-state index contributed by atoms with van der Waals surface area (Å²) in [5.74, 6) is 0. The third kappa shape index (κ3) is 6.59. The second-order valence-corrected chi connectivity index (χ2v) is 19.0. The predicted molar refractivity (Wildman–Crippen MR) is 284 cm³/mol. The van der Waals surface area contributed by atoms with Crippen molar-refractivity contribution in [2.75, 3.05) is 4.90 Å². The molecule has 13 rings (SSSR count). The molecular formula is C62H39NS2. The zero-order chi connectivity index (χ0) is 42.8. The minimum atomic E-state index is 1.09. The van der Waals surface area contributed by atoms with E-state index in [1.165, 1.54) is 106 Å². The number of hydrogen-bond donors (Lipinski definition) is 0. The fourth-order valence-electron chi connectivity index (χ4n) is 9.79. The second-order valence-electron chi connectivity index (χ2n) is 16.9. The van der Waals surface area contributed by atoms with Gasteiger partial charge in [-0.1, -0.05) is 170 Å². The Balaban J connectivity index is 0.991. The first kappa shape index (κ1) is 37.7. The van der Waals surface area contributed by atoms with Crippen molar-refractivity contribution in [2.24, 2.45) is 0 Å². The van der Waals surface area contributed by atoms with Gasteiger partial charge >= 0.3 is 0 Å². The quantitative estimate of drug-likeness (QED) is 0.154. The van der Waals surface area contributed by atoms with Gasteiger partial charge in [-0.2, -0.15) is 0 Å². The summed E-state index contributed by atoms with van der Waals surface area (Å²) in [6, 6.07) is 87.4. The molecule has 0 aliphatic carbocycles. The van der Waals surface area contributed by atoms with Crippen LogP contribution in [0.2, 0.25) is 0 Å². The molecular weight excluding hydrogens is 823 g/mol. The summed E-state index contributed by atoms with van der Waals surface area (Å²) in [7, 11) is 0. The van der Waals surface area contributed by atoms with Crippen molar-refractivity contribution in [3.05, 3.63) is 237 Å². The van der Waals surface area contributed by atoms with E-state index in [1.54, 1.807) is 0 Å². The Hall–Kier alpha value is -7.82. The molecule has 1 nitrogen and oxygen atoms in total. The summed E-state index contributed by atoms with van der Waals surface area (Å²) >= 11 is 3.76. The fourth-order valence-corrected chi connectivity index (χ4v) is 12.3. The standard InChI is InChI=1S/C62H39NS2/c1-3-13-44-35-46(25-23-40(44)11-1)48-37-49(47-26-24-41-12-2-4-14-45(41)36-47)39-52(38-48)63(50-31-27-42(28-32-50)53-17-9-19-57-55-15-5-7-21-59(55)64-61(53)57)51-33-29-43(30-34-51)54-18-10-20-58-56-16-6-8-22-60(56)65-62(54)58/h1-39H. The first-order chi connectivity index (χ1) is 32.2. The van der Waals surface area contributed by atoms with Crippen LogP contribution in [0.25, 0.3) is 106 Å². The van der Waals surface area contributed by atoms with E-state index >= 15 is 0 Å². The van der Waals surface area contributed by atoms with Crippen LogP contribution in [-0.2, 0) is 0 Å². The van der Waals surface area contributed by atoms with Crippen LogP contribution >= 0.6 is 22.7 Å². The summed E-state index contributed by atoms with van der Waals surface area (Å²) in [6.07, 6.45) is 0. The van der Waals surface area contributed by atoms with Crippen LogP contribution in [0.5, 0.6) is 0 Å². The molecule has 0 bridgehead atoms. The Morgan fingerprint density at radius 2 is 0.646 bits per heavy atom. The smallest absolute Gasteiger partial charge is 0.0473 e. The second kappa shape index (κ2) is 15.5. The Morgan fingerprint density at radius 1 is 0.246 bits per heavy atom. The molecule has 0 radical (unpaired) electrons. The van der Waals surface area contributed by atoms with Crippen LogP contribution in [-0.4, -0.2) is 0 Å². The Labute approximate surface area is 385 Å². The van der Waals surface area contributed by atoms with Crippen molar-refractivity contribution in [1.29, 1.82) is 0 Å². The molecule has 0 saturated heterocycles. The molecule has 0 aliphatic heterocycles. The van der Waals surface area contributed by atoms with Gasteiger partial charge in [-0.3, -0.25) is 0 Å². The highest BCUT2D eigenvalue weighted by molar-refractivity contribution is 7.26. The Bertz CT molecular complexity index is 3690. The van der Waals surface area contributed by atoms with Crippen molar-refractivity contribution >= 4 is 102 Å². The molecule has 0 spiro atoms. The topological polar surface area (TPSA) is 3.24 Å². The summed E-state index contributed by atoms with van der Waals surface area (Å²) in [6.45, 7) is 0. The number of rotatable bonds is 7. The largest absolute Gasteiger partial charge is 0.310 e. The Kier molecular flexibility index (Phi) is 8.97. The molecule has 0 unspecified atom stereocenters. The molecule has 2 aromatic heterocycles. The lowest BCUT2D eigenvalue weighted by atomic mass is 9.94. The maximum absolute atomic E-state index is 2.43. The molecule has 0 saturated carbocycles. The van der Waals surface area contributed by atoms with E-state index < -0.39 is 0 Å². The number of hydrogen-bond acceptors (Lipinski definition) is 3. The number of fused-ring (bicyclic) bond motifs is 8. The van der Waals surface area contributed by atoms with Gasteiger partial charge in [0.05, 0.1) is 0 Å². The van der Waals surface area contributed by atoms with Gasteiger partial charge in [0, 0.05) is 57.4 Å². The van der Waals surface area contributed by atoms with E-state index in [2.05, 4.69) is 241 Å². The van der Waals surface area contributed by atoms with Crippen LogP contribution < -0.4 is 4.90 Å². The molecule has 13 aromatic rings. The average molecular weight is 862 g/mol. The third-order valence-corrected chi connectivity index (χ3v) is 15.5. The fraction of sp³-hybridized carbons (Fsp3) is 0. The maximum atomic E-state index is 2.43. The van der Waals surface area contributed by atoms with Crippen LogP contribution in [0.15, 0.2) is 237 Å². The molecule has 0 fully saturated rings. The minimum absolute atomic E-state index is 1.09. The SMILES string of the molecule is c1ccc2cc(-c3cc(-c4ccc5ccccc5c4)cc(N(c4ccc(-c5cccc6c5sc5ccccc56)cc4)c4ccc(-c5cccc6c5sc5ccccc56)cc4)c3)ccc2c1. The highest BCUT2D eigenvalue weighted by atomic mass is 32.1. The zero-order valence-electron chi connectivity index (χ0n) is 35.3. The predicted octanol–water partition coefficient (Wildman–Crippen LogP) is 18.9. The van der Waals surface area contributed by atoms with Gasteiger partial charge in [-0.15, -0.1) is 22.7 Å². The van der Waals surface area contributed by atoms with E-state index in [0.29, 0.717) is 0 Å². The highest BCUT2D eigenvalue weighted by Gasteiger charge is 2.19. The lowest BCUT2D eigenvalue weighted by Crippen LogP contribution is -2.10. The Morgan fingerprint density at radius 3 is 1.12 bits per heavy atom. The highest BCUT2D eigenvalue weighted by Crippen LogP contribution is 2.45. The van der Waals surface area contributed by atoms with Gasteiger partial charge in [-0.25, -0.2) is 0 Å². The minimum Gasteiger partial charge on any atom is -0.310 e. The number of nitrogens with zero attached hydrogens (tertiary/aromatic N) is 1. The zero-order valence-corrected chi connectivity index (χ0v) is 36.9. The van der Waals surface area contributed by atoms with Crippen molar-refractivity contribution in [3.63, 3.8) is 0 Å². The van der Waals surface area contributed by atoms with Gasteiger partial charge in [0.15, 0.2) is 0 Å². The van der Waals surface area contributed by atoms with Gasteiger partial charge < -0.3 is 4.90 Å². The van der Waals surface area contributed by atoms with Crippen molar-refractivity contribution < 1.29 is 0 Å². The molecule has 2 heterocycles. The van der Waals surface area contributed by atoms with E-state index in [0.717, 1.165) is 17.1 Å². The lowest BCUT2D eigenvalue weighted by molar-refractivity contribution is 1.28. The summed E-state index contributed by atoms with van der Waals surface area (Å²) < 4.78 is 5.29. The van der Waals surface area contributed by atoms with Crippen molar-refractivity contribution in [2.45, 2.75) is 0 Å². The van der Waals surface area contributed by atoms with Gasteiger partial charge in [0.25, 0.3) is 0 Å². The van der Waals surface area contributed by atoms with Gasteiger partial charge in [0.1, 0.15) is 0 Å². The molecule has 0 amide bonds. The van der Waals surface area contributed by atoms with Gasteiger partial charge in [-0.05, 0) is 133 Å². The summed E-state index contributed by atoms with van der Waals surface area (Å²) in [5.41, 5.74) is 12.9. The third-order valence-electron chi connectivity index (χ3n) is 13.0. The monoisotopic (exact) mass is 861 g/mol. The van der Waals surface area contributed by atoms with Gasteiger partial charge in [0.2, 0.25) is 0 Å².